The zero-order chi connectivity index (χ0) is 13.5. The predicted molar refractivity (Wildman–Crippen MR) is 78.5 cm³/mol. The van der Waals surface area contributed by atoms with E-state index in [4.69, 9.17) is 4.74 Å². The van der Waals surface area contributed by atoms with Crippen molar-refractivity contribution in [2.75, 3.05) is 6.61 Å². The van der Waals surface area contributed by atoms with Gasteiger partial charge in [-0.15, -0.1) is 0 Å². The number of Topliss-reactive ketones (excluding diaryl/α,β-unsaturated/α-hetero) is 1. The largest absolute Gasteiger partial charge is 0.375 e. The van der Waals surface area contributed by atoms with Gasteiger partial charge in [0.15, 0.2) is 5.78 Å². The van der Waals surface area contributed by atoms with E-state index in [0.717, 1.165) is 47.9 Å². The second-order valence-electron chi connectivity index (χ2n) is 5.92. The van der Waals surface area contributed by atoms with Crippen molar-refractivity contribution in [1.29, 1.82) is 0 Å². The molecule has 1 aliphatic carbocycles. The molecule has 1 atom stereocenters. The number of hydrogen-bond donors (Lipinski definition) is 0. The van der Waals surface area contributed by atoms with E-state index in [1.165, 1.54) is 6.42 Å². The minimum atomic E-state index is 0.0366. The summed E-state index contributed by atoms with van der Waals surface area (Å²) in [5, 5.41) is 0. The number of benzene rings is 1. The summed E-state index contributed by atoms with van der Waals surface area (Å²) >= 11 is 3.51. The monoisotopic (exact) mass is 322 g/mol. The first-order valence-electron chi connectivity index (χ1n) is 7.04. The highest BCUT2D eigenvalue weighted by Gasteiger charge is 2.44. The molecule has 0 aromatic heterocycles. The molecular formula is C16H19BrO2. The Kier molecular flexibility index (Phi) is 3.52. The summed E-state index contributed by atoms with van der Waals surface area (Å²) in [6.07, 6.45) is 5.28. The Morgan fingerprint density at radius 2 is 2.21 bits per heavy atom. The predicted octanol–water partition coefficient (Wildman–Crippen LogP) is 4.29. The lowest BCUT2D eigenvalue weighted by molar-refractivity contribution is -0.137. The topological polar surface area (TPSA) is 26.3 Å². The third-order valence-electron chi connectivity index (χ3n) is 4.52. The van der Waals surface area contributed by atoms with Gasteiger partial charge in [0.25, 0.3) is 0 Å². The van der Waals surface area contributed by atoms with E-state index >= 15 is 0 Å². The molecule has 1 spiro atoms. The van der Waals surface area contributed by atoms with Crippen LogP contribution in [0.1, 0.15) is 48.0 Å². The molecule has 1 heterocycles. The number of hydrogen-bond acceptors (Lipinski definition) is 2. The molecule has 19 heavy (non-hydrogen) atoms. The number of halogens is 1. The summed E-state index contributed by atoms with van der Waals surface area (Å²) in [5.74, 6) is 0.414. The van der Waals surface area contributed by atoms with Crippen LogP contribution in [-0.4, -0.2) is 18.0 Å². The summed E-state index contributed by atoms with van der Waals surface area (Å²) in [6.45, 7) is 2.76. The second kappa shape index (κ2) is 5.02. The quantitative estimate of drug-likeness (QED) is 0.759. The van der Waals surface area contributed by atoms with Gasteiger partial charge in [0.1, 0.15) is 0 Å². The van der Waals surface area contributed by atoms with E-state index < -0.39 is 0 Å². The molecule has 1 aromatic rings. The molecule has 2 aliphatic rings. The standard InChI is InChI=1S/C16H19BrO2/c1-11-3-4-14(17)13(9-11)15(18)12-5-8-19-16(10-12)6-2-7-16/h3-4,9,12H,2,5-8,10H2,1H3. The fourth-order valence-electron chi connectivity index (χ4n) is 3.22. The molecular weight excluding hydrogens is 304 g/mol. The third kappa shape index (κ3) is 2.50. The van der Waals surface area contributed by atoms with Gasteiger partial charge in [-0.1, -0.05) is 27.6 Å². The van der Waals surface area contributed by atoms with Gasteiger partial charge in [-0.05, 0) is 51.2 Å². The fraction of sp³-hybridized carbons (Fsp3) is 0.562. The van der Waals surface area contributed by atoms with E-state index in [-0.39, 0.29) is 17.3 Å². The molecule has 0 radical (unpaired) electrons. The molecule has 2 fully saturated rings. The van der Waals surface area contributed by atoms with Crippen molar-refractivity contribution in [2.45, 2.75) is 44.6 Å². The summed E-state index contributed by atoms with van der Waals surface area (Å²) in [7, 11) is 0. The highest BCUT2D eigenvalue weighted by molar-refractivity contribution is 9.10. The molecule has 3 heteroatoms. The van der Waals surface area contributed by atoms with Crippen LogP contribution in [0.5, 0.6) is 0 Å². The van der Waals surface area contributed by atoms with Crippen LogP contribution in [0, 0.1) is 12.8 Å². The Hall–Kier alpha value is -0.670. The van der Waals surface area contributed by atoms with Crippen LogP contribution in [0.4, 0.5) is 0 Å². The van der Waals surface area contributed by atoms with Gasteiger partial charge >= 0.3 is 0 Å². The van der Waals surface area contributed by atoms with Crippen molar-refractivity contribution in [2.24, 2.45) is 5.92 Å². The van der Waals surface area contributed by atoms with Gasteiger partial charge in [-0.3, -0.25) is 4.79 Å². The van der Waals surface area contributed by atoms with Crippen LogP contribution in [-0.2, 0) is 4.74 Å². The highest BCUT2D eigenvalue weighted by Crippen LogP contribution is 2.45. The Labute approximate surface area is 122 Å². The Morgan fingerprint density at radius 3 is 2.89 bits per heavy atom. The van der Waals surface area contributed by atoms with Crippen molar-refractivity contribution in [3.05, 3.63) is 33.8 Å². The normalized spacial score (nSPS) is 25.1. The summed E-state index contributed by atoms with van der Waals surface area (Å²) in [4.78, 5) is 12.7. The van der Waals surface area contributed by atoms with E-state index in [9.17, 15) is 4.79 Å². The average molecular weight is 323 g/mol. The molecule has 102 valence electrons. The van der Waals surface area contributed by atoms with Gasteiger partial charge in [0.2, 0.25) is 0 Å². The second-order valence-corrected chi connectivity index (χ2v) is 6.78. The molecule has 1 unspecified atom stereocenters. The van der Waals surface area contributed by atoms with E-state index in [0.29, 0.717) is 0 Å². The van der Waals surface area contributed by atoms with Crippen molar-refractivity contribution >= 4 is 21.7 Å². The molecule has 1 saturated heterocycles. The van der Waals surface area contributed by atoms with Crippen molar-refractivity contribution in [1.82, 2.24) is 0 Å². The maximum Gasteiger partial charge on any atom is 0.167 e. The number of ketones is 1. The molecule has 1 saturated carbocycles. The van der Waals surface area contributed by atoms with Gasteiger partial charge in [0, 0.05) is 22.6 Å². The van der Waals surface area contributed by atoms with Gasteiger partial charge in [0.05, 0.1) is 5.60 Å². The van der Waals surface area contributed by atoms with E-state index in [2.05, 4.69) is 15.9 Å². The maximum atomic E-state index is 12.7. The van der Waals surface area contributed by atoms with Crippen LogP contribution in [0.15, 0.2) is 22.7 Å². The highest BCUT2D eigenvalue weighted by atomic mass is 79.9. The van der Waals surface area contributed by atoms with Crippen LogP contribution >= 0.6 is 15.9 Å². The maximum absolute atomic E-state index is 12.7. The average Bonchev–Trinajstić information content (AvgIpc) is 2.39. The molecule has 3 rings (SSSR count). The number of carbonyl (C=O) groups is 1. The number of rotatable bonds is 2. The van der Waals surface area contributed by atoms with Crippen molar-refractivity contribution in [3.8, 4) is 0 Å². The van der Waals surface area contributed by atoms with Crippen molar-refractivity contribution in [3.63, 3.8) is 0 Å². The van der Waals surface area contributed by atoms with Crippen LogP contribution in [0.25, 0.3) is 0 Å². The number of carbonyl (C=O) groups excluding carboxylic acids is 1. The lowest BCUT2D eigenvalue weighted by Gasteiger charge is -2.46. The van der Waals surface area contributed by atoms with Crippen molar-refractivity contribution < 1.29 is 9.53 Å². The van der Waals surface area contributed by atoms with Crippen LogP contribution in [0.2, 0.25) is 0 Å². The zero-order valence-corrected chi connectivity index (χ0v) is 12.8. The SMILES string of the molecule is Cc1ccc(Br)c(C(=O)C2CCOC3(CCC3)C2)c1. The fourth-order valence-corrected chi connectivity index (χ4v) is 3.66. The Balaban J connectivity index is 1.81. The smallest absolute Gasteiger partial charge is 0.167 e. The first-order valence-corrected chi connectivity index (χ1v) is 7.83. The van der Waals surface area contributed by atoms with E-state index in [1.54, 1.807) is 0 Å². The first kappa shape index (κ1) is 13.3. The summed E-state index contributed by atoms with van der Waals surface area (Å²) in [5.41, 5.74) is 2.01. The van der Waals surface area contributed by atoms with Crippen LogP contribution < -0.4 is 0 Å². The van der Waals surface area contributed by atoms with Gasteiger partial charge < -0.3 is 4.74 Å². The first-order chi connectivity index (χ1) is 9.10. The Morgan fingerprint density at radius 1 is 1.42 bits per heavy atom. The van der Waals surface area contributed by atoms with Gasteiger partial charge in [-0.25, -0.2) is 0 Å². The lowest BCUT2D eigenvalue weighted by atomic mass is 9.70. The minimum Gasteiger partial charge on any atom is -0.375 e. The molecule has 0 bridgehead atoms. The number of ether oxygens (including phenoxy) is 1. The van der Waals surface area contributed by atoms with E-state index in [1.807, 2.05) is 25.1 Å². The van der Waals surface area contributed by atoms with Gasteiger partial charge in [-0.2, -0.15) is 0 Å². The Bertz CT molecular complexity index is 505. The molecule has 2 nitrogen and oxygen atoms in total. The summed E-state index contributed by atoms with van der Waals surface area (Å²) in [6, 6.07) is 5.99. The molecule has 0 N–H and O–H groups in total. The van der Waals surface area contributed by atoms with Crippen LogP contribution in [0.3, 0.4) is 0 Å². The lowest BCUT2D eigenvalue weighted by Crippen LogP contribution is -2.47. The molecule has 0 amide bonds. The summed E-state index contributed by atoms with van der Waals surface area (Å²) < 4.78 is 6.82. The molecule has 1 aliphatic heterocycles. The molecule has 1 aromatic carbocycles. The zero-order valence-electron chi connectivity index (χ0n) is 11.2. The number of aryl methyl sites for hydroxylation is 1. The third-order valence-corrected chi connectivity index (χ3v) is 5.21. The minimum absolute atomic E-state index is 0.0366.